The standard InChI is InChI=1S/C21H18O6/c1-24-17-8-11-3-4-19-21(23,14(11)9-18(17)25-2)20(22)13-7-12-5-6-26-15(12)10-16(13)27-19/h5-10,19,23H,3-4H2,1-2H3/t19-,21-/m1/s1. The highest BCUT2D eigenvalue weighted by molar-refractivity contribution is 6.09. The fourth-order valence-corrected chi connectivity index (χ4v) is 4.19. The summed E-state index contributed by atoms with van der Waals surface area (Å²) in [6.07, 6.45) is 2.07. The minimum atomic E-state index is -1.77. The van der Waals surface area contributed by atoms with E-state index in [4.69, 9.17) is 18.6 Å². The molecule has 2 atom stereocenters. The van der Waals surface area contributed by atoms with Crippen LogP contribution in [0.5, 0.6) is 17.2 Å². The van der Waals surface area contributed by atoms with E-state index in [1.54, 1.807) is 37.6 Å². The summed E-state index contributed by atoms with van der Waals surface area (Å²) in [5.74, 6) is 1.11. The van der Waals surface area contributed by atoms with Crippen molar-refractivity contribution in [2.45, 2.75) is 24.5 Å². The molecule has 0 unspecified atom stereocenters. The van der Waals surface area contributed by atoms with Crippen LogP contribution in [0.2, 0.25) is 0 Å². The Balaban J connectivity index is 1.72. The van der Waals surface area contributed by atoms with Gasteiger partial charge in [0.1, 0.15) is 17.4 Å². The summed E-state index contributed by atoms with van der Waals surface area (Å²) in [7, 11) is 3.09. The lowest BCUT2D eigenvalue weighted by molar-refractivity contribution is -0.0600. The lowest BCUT2D eigenvalue weighted by Crippen LogP contribution is -2.55. The first-order chi connectivity index (χ1) is 13.1. The summed E-state index contributed by atoms with van der Waals surface area (Å²) in [5, 5.41) is 12.4. The Labute approximate surface area is 155 Å². The molecule has 1 aliphatic carbocycles. The molecule has 0 bridgehead atoms. The molecule has 2 heterocycles. The van der Waals surface area contributed by atoms with Crippen molar-refractivity contribution in [1.29, 1.82) is 0 Å². The largest absolute Gasteiger partial charge is 0.493 e. The minimum Gasteiger partial charge on any atom is -0.493 e. The molecule has 0 amide bonds. The van der Waals surface area contributed by atoms with Crippen LogP contribution in [0.25, 0.3) is 11.0 Å². The van der Waals surface area contributed by atoms with Gasteiger partial charge in [-0.25, -0.2) is 0 Å². The highest BCUT2D eigenvalue weighted by atomic mass is 16.5. The highest BCUT2D eigenvalue weighted by Gasteiger charge is 2.54. The number of benzene rings is 2. The molecular weight excluding hydrogens is 348 g/mol. The van der Waals surface area contributed by atoms with Crippen molar-refractivity contribution in [2.24, 2.45) is 0 Å². The van der Waals surface area contributed by atoms with E-state index in [9.17, 15) is 9.90 Å². The molecule has 1 aliphatic heterocycles. The first-order valence-corrected chi connectivity index (χ1v) is 8.76. The number of carbonyl (C=O) groups is 1. The maximum atomic E-state index is 13.4. The molecule has 2 aromatic carbocycles. The number of carbonyl (C=O) groups excluding carboxylic acids is 1. The molecule has 0 saturated carbocycles. The predicted octanol–water partition coefficient (Wildman–Crippen LogP) is 3.23. The number of rotatable bonds is 2. The third kappa shape index (κ3) is 2.07. The molecule has 3 aromatic rings. The van der Waals surface area contributed by atoms with Gasteiger partial charge >= 0.3 is 0 Å². The topological polar surface area (TPSA) is 78.1 Å². The van der Waals surface area contributed by atoms with Crippen LogP contribution in [0, 0.1) is 0 Å². The van der Waals surface area contributed by atoms with E-state index in [1.165, 1.54) is 7.11 Å². The van der Waals surface area contributed by atoms with E-state index < -0.39 is 11.7 Å². The Hall–Kier alpha value is -2.99. The maximum Gasteiger partial charge on any atom is 0.206 e. The number of ketones is 1. The second kappa shape index (κ2) is 5.50. The third-order valence-corrected chi connectivity index (χ3v) is 5.58. The zero-order chi connectivity index (χ0) is 18.8. The highest BCUT2D eigenvalue weighted by Crippen LogP contribution is 2.48. The molecule has 0 radical (unpaired) electrons. The summed E-state index contributed by atoms with van der Waals surface area (Å²) < 4.78 is 22.2. The van der Waals surface area contributed by atoms with Gasteiger partial charge in [0.05, 0.1) is 26.0 Å². The van der Waals surface area contributed by atoms with Crippen LogP contribution in [0.3, 0.4) is 0 Å². The monoisotopic (exact) mass is 366 g/mol. The number of furan rings is 1. The van der Waals surface area contributed by atoms with Gasteiger partial charge in [0.2, 0.25) is 5.78 Å². The second-order valence-electron chi connectivity index (χ2n) is 6.91. The van der Waals surface area contributed by atoms with Crippen molar-refractivity contribution in [2.75, 3.05) is 14.2 Å². The van der Waals surface area contributed by atoms with E-state index in [1.807, 2.05) is 6.07 Å². The van der Waals surface area contributed by atoms with Crippen LogP contribution in [-0.4, -0.2) is 31.2 Å². The van der Waals surface area contributed by atoms with Crippen LogP contribution in [0.4, 0.5) is 0 Å². The normalized spacial score (nSPS) is 23.2. The van der Waals surface area contributed by atoms with Gasteiger partial charge in [0.15, 0.2) is 17.1 Å². The molecule has 6 nitrogen and oxygen atoms in total. The molecule has 27 heavy (non-hydrogen) atoms. The van der Waals surface area contributed by atoms with Crippen LogP contribution >= 0.6 is 0 Å². The van der Waals surface area contributed by atoms with Gasteiger partial charge in [0, 0.05) is 17.0 Å². The quantitative estimate of drug-likeness (QED) is 0.750. The second-order valence-corrected chi connectivity index (χ2v) is 6.91. The van der Waals surface area contributed by atoms with E-state index in [0.29, 0.717) is 46.8 Å². The first-order valence-electron chi connectivity index (χ1n) is 8.76. The summed E-state index contributed by atoms with van der Waals surface area (Å²) in [4.78, 5) is 13.4. The van der Waals surface area contributed by atoms with Gasteiger partial charge < -0.3 is 23.7 Å². The van der Waals surface area contributed by atoms with Gasteiger partial charge in [-0.3, -0.25) is 4.79 Å². The Bertz CT molecular complexity index is 1080. The molecule has 2 aliphatic rings. The lowest BCUT2D eigenvalue weighted by Gasteiger charge is -2.43. The van der Waals surface area contributed by atoms with Gasteiger partial charge in [-0.15, -0.1) is 0 Å². The molecule has 138 valence electrons. The Kier molecular flexibility index (Phi) is 3.30. The van der Waals surface area contributed by atoms with E-state index in [2.05, 4.69) is 0 Å². The van der Waals surface area contributed by atoms with E-state index in [0.717, 1.165) is 10.9 Å². The molecule has 0 fully saturated rings. The number of Topliss-reactive ketones (excluding diaryl/α,β-unsaturated/α-hetero) is 1. The molecule has 6 heteroatoms. The van der Waals surface area contributed by atoms with Gasteiger partial charge in [-0.05, 0) is 42.7 Å². The fraction of sp³-hybridized carbons (Fsp3) is 0.286. The van der Waals surface area contributed by atoms with Crippen LogP contribution < -0.4 is 14.2 Å². The molecule has 0 saturated heterocycles. The summed E-state index contributed by atoms with van der Waals surface area (Å²) in [6, 6.07) is 8.71. The van der Waals surface area contributed by atoms with Crippen LogP contribution in [0.1, 0.15) is 27.9 Å². The molecule has 1 N–H and O–H groups in total. The lowest BCUT2D eigenvalue weighted by atomic mass is 9.71. The SMILES string of the molecule is COc1cc2c(cc1OC)[C@]1(O)C(=O)c3cc4ccoc4cc3O[C@@H]1CC2. The molecular formula is C21H18O6. The number of aliphatic hydroxyl groups is 1. The Morgan fingerprint density at radius 1 is 1.15 bits per heavy atom. The zero-order valence-electron chi connectivity index (χ0n) is 14.9. The van der Waals surface area contributed by atoms with Crippen LogP contribution in [0.15, 0.2) is 41.0 Å². The average Bonchev–Trinajstić information content (AvgIpc) is 3.14. The Morgan fingerprint density at radius 2 is 1.93 bits per heavy atom. The smallest absolute Gasteiger partial charge is 0.206 e. The minimum absolute atomic E-state index is 0.352. The third-order valence-electron chi connectivity index (χ3n) is 5.58. The van der Waals surface area contributed by atoms with Crippen molar-refractivity contribution in [3.63, 3.8) is 0 Å². The fourth-order valence-electron chi connectivity index (χ4n) is 4.19. The van der Waals surface area contributed by atoms with Crippen molar-refractivity contribution in [1.82, 2.24) is 0 Å². The summed E-state index contributed by atoms with van der Waals surface area (Å²) >= 11 is 0. The summed E-state index contributed by atoms with van der Waals surface area (Å²) in [6.45, 7) is 0. The Morgan fingerprint density at radius 3 is 2.70 bits per heavy atom. The predicted molar refractivity (Wildman–Crippen MR) is 96.7 cm³/mol. The van der Waals surface area contributed by atoms with E-state index >= 15 is 0 Å². The molecule has 1 aromatic heterocycles. The van der Waals surface area contributed by atoms with Crippen molar-refractivity contribution < 1.29 is 28.5 Å². The van der Waals surface area contributed by atoms with E-state index in [-0.39, 0.29) is 5.78 Å². The molecule has 5 rings (SSSR count). The molecule has 0 spiro atoms. The van der Waals surface area contributed by atoms with Crippen molar-refractivity contribution in [3.05, 3.63) is 53.3 Å². The first kappa shape index (κ1) is 16.2. The number of methoxy groups -OCH3 is 2. The van der Waals surface area contributed by atoms with Crippen LogP contribution in [-0.2, 0) is 12.0 Å². The maximum absolute atomic E-state index is 13.4. The summed E-state index contributed by atoms with van der Waals surface area (Å²) in [5.41, 5.74) is 0.604. The average molecular weight is 366 g/mol. The number of hydrogen-bond acceptors (Lipinski definition) is 6. The van der Waals surface area contributed by atoms with Gasteiger partial charge in [-0.2, -0.15) is 0 Å². The number of aryl methyl sites for hydroxylation is 1. The number of hydrogen-bond donors (Lipinski definition) is 1. The number of fused-ring (bicyclic) bond motifs is 5. The van der Waals surface area contributed by atoms with Gasteiger partial charge in [0.25, 0.3) is 0 Å². The number of ether oxygens (including phenoxy) is 3. The van der Waals surface area contributed by atoms with Crippen molar-refractivity contribution >= 4 is 16.8 Å². The van der Waals surface area contributed by atoms with Gasteiger partial charge in [-0.1, -0.05) is 0 Å². The zero-order valence-corrected chi connectivity index (χ0v) is 14.9. The van der Waals surface area contributed by atoms with Crippen molar-refractivity contribution in [3.8, 4) is 17.2 Å².